The van der Waals surface area contributed by atoms with Crippen molar-refractivity contribution in [1.29, 1.82) is 0 Å². The molecule has 9 heteroatoms. The Balaban J connectivity index is 3.16. The summed E-state index contributed by atoms with van der Waals surface area (Å²) in [5.41, 5.74) is -0.578. The van der Waals surface area contributed by atoms with Crippen molar-refractivity contribution in [2.45, 2.75) is 13.0 Å². The molecule has 0 spiro atoms. The number of hydrogen-bond donors (Lipinski definition) is 3. The van der Waals surface area contributed by atoms with Crippen molar-refractivity contribution in [2.24, 2.45) is 0 Å². The number of aliphatic carboxylic acids is 1. The lowest BCUT2D eigenvalue weighted by Crippen LogP contribution is -2.43. The predicted molar refractivity (Wildman–Crippen MR) is 70.2 cm³/mol. The zero-order valence-corrected chi connectivity index (χ0v) is 11.1. The Labute approximate surface area is 119 Å². The highest BCUT2D eigenvalue weighted by Crippen LogP contribution is 2.30. The minimum Gasteiger partial charge on any atom is -0.487 e. The monoisotopic (exact) mass is 298 g/mol. The van der Waals surface area contributed by atoms with E-state index in [1.165, 1.54) is 18.2 Å². The third-order valence-electron chi connectivity index (χ3n) is 2.51. The van der Waals surface area contributed by atoms with E-state index in [1.54, 1.807) is 6.92 Å². The fourth-order valence-electron chi connectivity index (χ4n) is 1.56. The van der Waals surface area contributed by atoms with Gasteiger partial charge in [-0.2, -0.15) is 0 Å². The van der Waals surface area contributed by atoms with Gasteiger partial charge in [0.05, 0.1) is 23.7 Å². The van der Waals surface area contributed by atoms with Crippen LogP contribution in [0.15, 0.2) is 18.2 Å². The van der Waals surface area contributed by atoms with Gasteiger partial charge < -0.3 is 20.3 Å². The highest BCUT2D eigenvalue weighted by atomic mass is 16.6. The number of carboxylic acids is 1. The summed E-state index contributed by atoms with van der Waals surface area (Å²) in [6.45, 7) is 0.875. The van der Waals surface area contributed by atoms with Crippen LogP contribution in [0.25, 0.3) is 0 Å². The Hall–Kier alpha value is -2.68. The number of aliphatic hydroxyl groups excluding tert-OH is 1. The van der Waals surface area contributed by atoms with Gasteiger partial charge in [0.15, 0.2) is 6.04 Å². The van der Waals surface area contributed by atoms with E-state index in [9.17, 15) is 19.7 Å². The van der Waals surface area contributed by atoms with Gasteiger partial charge in [0.2, 0.25) is 5.75 Å². The van der Waals surface area contributed by atoms with E-state index in [-0.39, 0.29) is 17.9 Å². The van der Waals surface area contributed by atoms with Crippen molar-refractivity contribution < 1.29 is 29.5 Å². The first kappa shape index (κ1) is 16.4. The number of hydrogen-bond acceptors (Lipinski definition) is 6. The summed E-state index contributed by atoms with van der Waals surface area (Å²) in [7, 11) is 0. The molecule has 0 fully saturated rings. The molecule has 1 atom stereocenters. The zero-order valence-electron chi connectivity index (χ0n) is 11.1. The maximum atomic E-state index is 12.0. The number of nitrogens with zero attached hydrogens (tertiary/aromatic N) is 1. The minimum absolute atomic E-state index is 0.0908. The molecule has 3 N–H and O–H groups in total. The number of aliphatic hydroxyl groups is 1. The van der Waals surface area contributed by atoms with Crippen LogP contribution in [0.2, 0.25) is 0 Å². The van der Waals surface area contributed by atoms with E-state index in [2.05, 4.69) is 5.32 Å². The number of ether oxygens (including phenoxy) is 1. The summed E-state index contributed by atoms with van der Waals surface area (Å²) in [6.07, 6.45) is 0. The lowest BCUT2D eigenvalue weighted by Gasteiger charge is -2.14. The van der Waals surface area contributed by atoms with Crippen molar-refractivity contribution in [2.75, 3.05) is 13.2 Å². The third kappa shape index (κ3) is 3.89. The van der Waals surface area contributed by atoms with E-state index in [1.807, 2.05) is 0 Å². The van der Waals surface area contributed by atoms with Crippen molar-refractivity contribution in [1.82, 2.24) is 5.32 Å². The summed E-state index contributed by atoms with van der Waals surface area (Å²) in [6, 6.07) is 2.21. The molecule has 0 aliphatic rings. The largest absolute Gasteiger partial charge is 0.487 e. The van der Waals surface area contributed by atoms with Gasteiger partial charge >= 0.3 is 11.7 Å². The number of carboxylic acid groups (broad SMARTS) is 1. The van der Waals surface area contributed by atoms with Crippen molar-refractivity contribution in [3.05, 3.63) is 33.9 Å². The molecule has 0 aliphatic carbocycles. The normalized spacial score (nSPS) is 11.5. The van der Waals surface area contributed by atoms with Crippen LogP contribution in [0, 0.1) is 10.1 Å². The maximum absolute atomic E-state index is 12.0. The van der Waals surface area contributed by atoms with Crippen LogP contribution in [0.3, 0.4) is 0 Å². The first-order valence-corrected chi connectivity index (χ1v) is 5.97. The Morgan fingerprint density at radius 2 is 2.14 bits per heavy atom. The van der Waals surface area contributed by atoms with Gasteiger partial charge in [-0.1, -0.05) is 6.07 Å². The van der Waals surface area contributed by atoms with Gasteiger partial charge in [-0.15, -0.1) is 0 Å². The minimum atomic E-state index is -1.51. The standard InChI is InChI=1S/C12H14N2O7/c1-2-21-10-7(4-3-5-9(10)14(19)20)11(16)13-8(6-15)12(17)18/h3-5,8,15H,2,6H2,1H3,(H,13,16)(H,17,18)/t8-/m0/s1. The fraction of sp³-hybridized carbons (Fsp3) is 0.333. The molecule has 1 aromatic carbocycles. The smallest absolute Gasteiger partial charge is 0.328 e. The molecule has 0 aromatic heterocycles. The summed E-state index contributed by atoms with van der Waals surface area (Å²) < 4.78 is 5.11. The Morgan fingerprint density at radius 1 is 1.48 bits per heavy atom. The van der Waals surface area contributed by atoms with Crippen molar-refractivity contribution >= 4 is 17.6 Å². The number of nitrogens with one attached hydrogen (secondary N) is 1. The molecule has 21 heavy (non-hydrogen) atoms. The average molecular weight is 298 g/mol. The second kappa shape index (κ2) is 7.20. The molecule has 0 bridgehead atoms. The number of para-hydroxylation sites is 1. The van der Waals surface area contributed by atoms with Crippen molar-refractivity contribution in [3.63, 3.8) is 0 Å². The van der Waals surface area contributed by atoms with Crippen LogP contribution in [-0.2, 0) is 4.79 Å². The quantitative estimate of drug-likeness (QED) is 0.481. The van der Waals surface area contributed by atoms with Crippen LogP contribution in [-0.4, -0.2) is 46.3 Å². The van der Waals surface area contributed by atoms with Gasteiger partial charge in [-0.05, 0) is 13.0 Å². The summed E-state index contributed by atoms with van der Waals surface area (Å²) >= 11 is 0. The van der Waals surface area contributed by atoms with E-state index in [4.69, 9.17) is 14.9 Å². The van der Waals surface area contributed by atoms with Gasteiger partial charge in [0.25, 0.3) is 5.91 Å². The summed E-state index contributed by atoms with van der Waals surface area (Å²) in [5.74, 6) is -2.55. The second-order valence-electron chi connectivity index (χ2n) is 3.89. The zero-order chi connectivity index (χ0) is 16.0. The Kier molecular flexibility index (Phi) is 5.61. The highest BCUT2D eigenvalue weighted by molar-refractivity contribution is 6.00. The topological polar surface area (TPSA) is 139 Å². The molecule has 0 radical (unpaired) electrons. The fourth-order valence-corrected chi connectivity index (χ4v) is 1.56. The molecule has 0 unspecified atom stereocenters. The molecule has 0 aliphatic heterocycles. The lowest BCUT2D eigenvalue weighted by molar-refractivity contribution is -0.385. The van der Waals surface area contributed by atoms with Crippen LogP contribution in [0.1, 0.15) is 17.3 Å². The summed E-state index contributed by atoms with van der Waals surface area (Å²) in [5, 5.41) is 30.6. The van der Waals surface area contributed by atoms with E-state index in [0.717, 1.165) is 0 Å². The highest BCUT2D eigenvalue weighted by Gasteiger charge is 2.26. The second-order valence-corrected chi connectivity index (χ2v) is 3.89. The molecule has 1 rings (SSSR count). The third-order valence-corrected chi connectivity index (χ3v) is 2.51. The molecular weight excluding hydrogens is 284 g/mol. The molecule has 114 valence electrons. The molecule has 0 saturated heterocycles. The number of nitro groups is 1. The first-order chi connectivity index (χ1) is 9.92. The van der Waals surface area contributed by atoms with Crippen molar-refractivity contribution in [3.8, 4) is 5.75 Å². The van der Waals surface area contributed by atoms with E-state index >= 15 is 0 Å². The van der Waals surface area contributed by atoms with Crippen LogP contribution < -0.4 is 10.1 Å². The Bertz CT molecular complexity index is 559. The van der Waals surface area contributed by atoms with Crippen LogP contribution in [0.5, 0.6) is 5.75 Å². The van der Waals surface area contributed by atoms with Crippen LogP contribution >= 0.6 is 0 Å². The SMILES string of the molecule is CCOc1c(C(=O)N[C@@H](CO)C(=O)O)cccc1[N+](=O)[O-]. The molecule has 1 aromatic rings. The summed E-state index contributed by atoms with van der Waals surface area (Å²) in [4.78, 5) is 33.0. The Morgan fingerprint density at radius 3 is 2.62 bits per heavy atom. The van der Waals surface area contributed by atoms with Gasteiger partial charge in [0, 0.05) is 6.07 Å². The molecule has 0 saturated carbocycles. The van der Waals surface area contributed by atoms with Crippen LogP contribution in [0.4, 0.5) is 5.69 Å². The molecular formula is C12H14N2O7. The molecule has 0 heterocycles. The number of benzene rings is 1. The first-order valence-electron chi connectivity index (χ1n) is 5.97. The molecule has 1 amide bonds. The lowest BCUT2D eigenvalue weighted by atomic mass is 10.1. The van der Waals surface area contributed by atoms with Gasteiger partial charge in [0.1, 0.15) is 0 Å². The number of carbonyl (C=O) groups excluding carboxylic acids is 1. The maximum Gasteiger partial charge on any atom is 0.328 e. The number of rotatable bonds is 7. The van der Waals surface area contributed by atoms with Gasteiger partial charge in [-0.3, -0.25) is 14.9 Å². The number of amides is 1. The van der Waals surface area contributed by atoms with E-state index in [0.29, 0.717) is 0 Å². The van der Waals surface area contributed by atoms with E-state index < -0.39 is 35.1 Å². The predicted octanol–water partition coefficient (Wildman–Crippen LogP) is 0.169. The van der Waals surface area contributed by atoms with Gasteiger partial charge in [-0.25, -0.2) is 4.79 Å². The molecule has 9 nitrogen and oxygen atoms in total. The average Bonchev–Trinajstić information content (AvgIpc) is 2.44. The number of carbonyl (C=O) groups is 2. The number of nitro benzene ring substituents is 1.